The lowest BCUT2D eigenvalue weighted by molar-refractivity contribution is -0.137. The van der Waals surface area contributed by atoms with Crippen molar-refractivity contribution in [2.45, 2.75) is 69.2 Å². The SMILES string of the molecule is CC1CCCN1C1(C(NC(=O)c2cccc(C(F)(F)F)c2Cl)c2ccccc2)CCCC1. The van der Waals surface area contributed by atoms with Gasteiger partial charge in [0.05, 0.1) is 22.2 Å². The third-order valence-electron chi connectivity index (χ3n) is 7.09. The molecular formula is C25H28ClF3N2O. The van der Waals surface area contributed by atoms with E-state index in [1.165, 1.54) is 12.1 Å². The van der Waals surface area contributed by atoms with Gasteiger partial charge >= 0.3 is 6.18 Å². The van der Waals surface area contributed by atoms with Gasteiger partial charge in [-0.25, -0.2) is 0 Å². The van der Waals surface area contributed by atoms with Crippen molar-refractivity contribution in [3.8, 4) is 0 Å². The van der Waals surface area contributed by atoms with E-state index >= 15 is 0 Å². The maximum absolute atomic E-state index is 13.4. The fraction of sp³-hybridized carbons (Fsp3) is 0.480. The van der Waals surface area contributed by atoms with Crippen molar-refractivity contribution in [2.24, 2.45) is 0 Å². The van der Waals surface area contributed by atoms with Crippen LogP contribution < -0.4 is 5.32 Å². The van der Waals surface area contributed by atoms with Crippen LogP contribution in [-0.2, 0) is 6.18 Å². The molecule has 4 rings (SSSR count). The van der Waals surface area contributed by atoms with Crippen LogP contribution in [0.25, 0.3) is 0 Å². The number of hydrogen-bond acceptors (Lipinski definition) is 2. The van der Waals surface area contributed by atoms with Gasteiger partial charge in [-0.05, 0) is 56.8 Å². The molecule has 1 aliphatic heterocycles. The first kappa shape index (κ1) is 23.1. The van der Waals surface area contributed by atoms with Gasteiger partial charge in [0.2, 0.25) is 0 Å². The number of amides is 1. The van der Waals surface area contributed by atoms with Gasteiger partial charge in [0.25, 0.3) is 5.91 Å². The van der Waals surface area contributed by atoms with Gasteiger partial charge < -0.3 is 5.32 Å². The summed E-state index contributed by atoms with van der Waals surface area (Å²) in [5, 5.41) is 2.56. The van der Waals surface area contributed by atoms with E-state index in [0.29, 0.717) is 6.04 Å². The summed E-state index contributed by atoms with van der Waals surface area (Å²) in [6.45, 7) is 3.19. The van der Waals surface area contributed by atoms with Crippen molar-refractivity contribution in [1.29, 1.82) is 0 Å². The van der Waals surface area contributed by atoms with E-state index in [-0.39, 0.29) is 17.1 Å². The van der Waals surface area contributed by atoms with E-state index in [1.807, 2.05) is 30.3 Å². The average molecular weight is 465 g/mol. The van der Waals surface area contributed by atoms with Gasteiger partial charge in [-0.3, -0.25) is 9.69 Å². The summed E-state index contributed by atoms with van der Waals surface area (Å²) in [6.07, 6.45) is 1.60. The van der Waals surface area contributed by atoms with Crippen LogP contribution in [0.1, 0.15) is 73.0 Å². The maximum Gasteiger partial charge on any atom is 0.417 e. The van der Waals surface area contributed by atoms with Crippen molar-refractivity contribution in [2.75, 3.05) is 6.54 Å². The fourth-order valence-electron chi connectivity index (χ4n) is 5.63. The first-order valence-corrected chi connectivity index (χ1v) is 11.6. The number of nitrogens with zero attached hydrogens (tertiary/aromatic N) is 1. The molecule has 0 radical (unpaired) electrons. The molecular weight excluding hydrogens is 437 g/mol. The van der Waals surface area contributed by atoms with Crippen LogP contribution in [-0.4, -0.2) is 28.9 Å². The lowest BCUT2D eigenvalue weighted by atomic mass is 9.81. The Hall–Kier alpha value is -2.05. The summed E-state index contributed by atoms with van der Waals surface area (Å²) in [6, 6.07) is 13.3. The highest BCUT2D eigenvalue weighted by atomic mass is 35.5. The molecule has 7 heteroatoms. The molecule has 32 heavy (non-hydrogen) atoms. The van der Waals surface area contributed by atoms with Gasteiger partial charge in [-0.2, -0.15) is 13.2 Å². The number of halogens is 4. The predicted molar refractivity (Wildman–Crippen MR) is 120 cm³/mol. The summed E-state index contributed by atoms with van der Waals surface area (Å²) >= 11 is 6.07. The van der Waals surface area contributed by atoms with Crippen LogP contribution in [0.15, 0.2) is 48.5 Å². The quantitative estimate of drug-likeness (QED) is 0.538. The second-order valence-electron chi connectivity index (χ2n) is 8.98. The Morgan fingerprint density at radius 3 is 2.38 bits per heavy atom. The van der Waals surface area contributed by atoms with Gasteiger partial charge in [-0.1, -0.05) is 60.8 Å². The lowest BCUT2D eigenvalue weighted by Crippen LogP contribution is -2.57. The molecule has 2 fully saturated rings. The number of carbonyl (C=O) groups is 1. The van der Waals surface area contributed by atoms with Gasteiger partial charge in [-0.15, -0.1) is 0 Å². The number of likely N-dealkylation sites (tertiary alicyclic amines) is 1. The number of hydrogen-bond donors (Lipinski definition) is 1. The van der Waals surface area contributed by atoms with Crippen molar-refractivity contribution in [1.82, 2.24) is 10.2 Å². The molecule has 1 saturated heterocycles. The van der Waals surface area contributed by atoms with Crippen LogP contribution in [0.3, 0.4) is 0 Å². The summed E-state index contributed by atoms with van der Waals surface area (Å²) in [5.74, 6) is -0.576. The first-order chi connectivity index (χ1) is 15.2. The zero-order chi connectivity index (χ0) is 22.9. The van der Waals surface area contributed by atoms with Crippen LogP contribution in [0.4, 0.5) is 13.2 Å². The van der Waals surface area contributed by atoms with Crippen molar-refractivity contribution in [3.63, 3.8) is 0 Å². The Morgan fingerprint density at radius 1 is 1.09 bits per heavy atom. The Morgan fingerprint density at radius 2 is 1.78 bits per heavy atom. The molecule has 172 valence electrons. The molecule has 0 bridgehead atoms. The molecule has 2 aliphatic rings. The number of carbonyl (C=O) groups excluding carboxylic acids is 1. The predicted octanol–water partition coefficient (Wildman–Crippen LogP) is 6.63. The zero-order valence-electron chi connectivity index (χ0n) is 18.1. The maximum atomic E-state index is 13.4. The fourth-order valence-corrected chi connectivity index (χ4v) is 5.95. The van der Waals surface area contributed by atoms with E-state index in [9.17, 15) is 18.0 Å². The van der Waals surface area contributed by atoms with E-state index in [0.717, 1.165) is 56.7 Å². The third-order valence-corrected chi connectivity index (χ3v) is 7.50. The Kier molecular flexibility index (Phi) is 6.55. The molecule has 1 saturated carbocycles. The first-order valence-electron chi connectivity index (χ1n) is 11.2. The Bertz CT molecular complexity index is 957. The van der Waals surface area contributed by atoms with Gasteiger partial charge in [0, 0.05) is 11.6 Å². The molecule has 2 aromatic carbocycles. The summed E-state index contributed by atoms with van der Waals surface area (Å²) in [4.78, 5) is 15.9. The van der Waals surface area contributed by atoms with Crippen molar-refractivity contribution in [3.05, 3.63) is 70.2 Å². The van der Waals surface area contributed by atoms with E-state index in [2.05, 4.69) is 17.1 Å². The number of alkyl halides is 3. The third kappa shape index (κ3) is 4.27. The molecule has 0 aromatic heterocycles. The molecule has 1 heterocycles. The van der Waals surface area contributed by atoms with E-state index in [1.54, 1.807) is 0 Å². The molecule has 2 unspecified atom stereocenters. The monoisotopic (exact) mass is 464 g/mol. The van der Waals surface area contributed by atoms with Crippen LogP contribution in [0.5, 0.6) is 0 Å². The van der Waals surface area contributed by atoms with Gasteiger partial charge in [0.1, 0.15) is 0 Å². The highest BCUT2D eigenvalue weighted by Crippen LogP contribution is 2.47. The second-order valence-corrected chi connectivity index (χ2v) is 9.36. The van der Waals surface area contributed by atoms with Crippen molar-refractivity contribution >= 4 is 17.5 Å². The largest absolute Gasteiger partial charge is 0.417 e. The standard InChI is InChI=1S/C25H28ClF3N2O/c1-17-9-8-16-31(17)24(14-5-6-15-24)22(18-10-3-2-4-11-18)30-23(32)19-12-7-13-20(21(19)26)25(27,28)29/h2-4,7,10-13,17,22H,5-6,8-9,14-16H2,1H3,(H,30,32). The minimum Gasteiger partial charge on any atom is -0.343 e. The average Bonchev–Trinajstić information content (AvgIpc) is 3.41. The lowest BCUT2D eigenvalue weighted by Gasteiger charge is -2.47. The van der Waals surface area contributed by atoms with Gasteiger partial charge in [0.15, 0.2) is 0 Å². The molecule has 1 aliphatic carbocycles. The Labute approximate surface area is 191 Å². The second kappa shape index (κ2) is 9.06. The molecule has 3 nitrogen and oxygen atoms in total. The van der Waals surface area contributed by atoms with E-state index in [4.69, 9.17) is 11.6 Å². The highest BCUT2D eigenvalue weighted by molar-refractivity contribution is 6.34. The van der Waals surface area contributed by atoms with Crippen LogP contribution in [0, 0.1) is 0 Å². The number of nitrogens with one attached hydrogen (secondary N) is 1. The number of benzene rings is 2. The summed E-state index contributed by atoms with van der Waals surface area (Å²) < 4.78 is 40.1. The van der Waals surface area contributed by atoms with Crippen LogP contribution in [0.2, 0.25) is 5.02 Å². The summed E-state index contributed by atoms with van der Waals surface area (Å²) in [7, 11) is 0. The minimum atomic E-state index is -4.62. The molecule has 2 atom stereocenters. The Balaban J connectivity index is 1.74. The topological polar surface area (TPSA) is 32.3 Å². The molecule has 2 aromatic rings. The van der Waals surface area contributed by atoms with Crippen LogP contribution >= 0.6 is 11.6 Å². The zero-order valence-corrected chi connectivity index (χ0v) is 18.8. The molecule has 0 spiro atoms. The number of rotatable bonds is 5. The van der Waals surface area contributed by atoms with E-state index < -0.39 is 22.7 Å². The summed E-state index contributed by atoms with van der Waals surface area (Å²) in [5.41, 5.74) is -0.442. The molecule has 1 amide bonds. The minimum absolute atomic E-state index is 0.148. The van der Waals surface area contributed by atoms with Crippen molar-refractivity contribution < 1.29 is 18.0 Å². The normalized spacial score (nSPS) is 22.1. The smallest absolute Gasteiger partial charge is 0.343 e. The molecule has 1 N–H and O–H groups in total. The highest BCUT2D eigenvalue weighted by Gasteiger charge is 2.50.